The second-order valence-corrected chi connectivity index (χ2v) is 7.95. The average molecular weight is 429 g/mol. The molecular weight excluding hydrogens is 400 g/mol. The number of hydrogen-bond donors (Lipinski definition) is 2. The number of nitrogens with one attached hydrogen (secondary N) is 2. The maximum atomic E-state index is 12.3. The molecule has 0 atom stereocenters. The maximum absolute atomic E-state index is 12.3. The molecule has 0 saturated carbocycles. The van der Waals surface area contributed by atoms with Crippen molar-refractivity contribution in [1.29, 1.82) is 0 Å². The summed E-state index contributed by atoms with van der Waals surface area (Å²) in [5.74, 6) is -0.129. The van der Waals surface area contributed by atoms with Crippen LogP contribution in [0.5, 0.6) is 0 Å². The van der Waals surface area contributed by atoms with E-state index in [0.29, 0.717) is 6.54 Å². The molecule has 0 fully saturated rings. The molecule has 1 aliphatic rings. The summed E-state index contributed by atoms with van der Waals surface area (Å²) in [4.78, 5) is 28.4. The second-order valence-electron chi connectivity index (χ2n) is 7.95. The molecule has 6 heteroatoms. The smallest absolute Gasteiger partial charge is 0.317 e. The zero-order valence-corrected chi connectivity index (χ0v) is 18.3. The van der Waals surface area contributed by atoms with E-state index in [1.807, 2.05) is 54.6 Å². The van der Waals surface area contributed by atoms with E-state index in [1.165, 1.54) is 11.3 Å². The van der Waals surface area contributed by atoms with Crippen LogP contribution in [0.3, 0.4) is 0 Å². The quantitative estimate of drug-likeness (QED) is 0.580. The first-order chi connectivity index (χ1) is 15.6. The zero-order valence-electron chi connectivity index (χ0n) is 18.3. The molecule has 3 aromatic carbocycles. The van der Waals surface area contributed by atoms with Gasteiger partial charge in [0.1, 0.15) is 0 Å². The third kappa shape index (κ3) is 5.27. The van der Waals surface area contributed by atoms with Crippen LogP contribution in [0.1, 0.15) is 17.5 Å². The van der Waals surface area contributed by atoms with Gasteiger partial charge in [-0.25, -0.2) is 4.79 Å². The van der Waals surface area contributed by atoms with E-state index in [0.717, 1.165) is 29.9 Å². The normalized spacial score (nSPS) is 12.2. The molecule has 6 nitrogen and oxygen atoms in total. The molecule has 4 rings (SSSR count). The number of carbonyl (C=O) groups is 2. The molecule has 0 spiro atoms. The lowest BCUT2D eigenvalue weighted by molar-refractivity contribution is -0.116. The van der Waals surface area contributed by atoms with Crippen molar-refractivity contribution in [2.24, 2.45) is 0 Å². The fourth-order valence-electron chi connectivity index (χ4n) is 3.90. The molecular formula is C26H28N4O2. The van der Waals surface area contributed by atoms with E-state index in [9.17, 15) is 9.59 Å². The molecule has 0 bridgehead atoms. The van der Waals surface area contributed by atoms with Gasteiger partial charge in [0.2, 0.25) is 5.91 Å². The fourth-order valence-corrected chi connectivity index (χ4v) is 3.90. The molecule has 0 aromatic heterocycles. The van der Waals surface area contributed by atoms with Gasteiger partial charge in [0.05, 0.1) is 0 Å². The topological polar surface area (TPSA) is 64.7 Å². The van der Waals surface area contributed by atoms with Crippen LogP contribution in [0, 0.1) is 0 Å². The Hall–Kier alpha value is -3.80. The lowest BCUT2D eigenvalue weighted by Gasteiger charge is -2.20. The van der Waals surface area contributed by atoms with E-state index >= 15 is 0 Å². The van der Waals surface area contributed by atoms with Crippen molar-refractivity contribution >= 4 is 29.0 Å². The number of fused-ring (bicyclic) bond motifs is 1. The molecule has 1 aliphatic heterocycles. The summed E-state index contributed by atoms with van der Waals surface area (Å²) in [5.41, 5.74) is 5.53. The highest BCUT2D eigenvalue weighted by Crippen LogP contribution is 2.34. The molecule has 0 saturated heterocycles. The van der Waals surface area contributed by atoms with Gasteiger partial charge in [0.25, 0.3) is 0 Å². The van der Waals surface area contributed by atoms with Crippen LogP contribution < -0.4 is 15.5 Å². The van der Waals surface area contributed by atoms with Crippen LogP contribution in [0.15, 0.2) is 78.9 Å². The Bertz CT molecular complexity index is 1070. The highest BCUT2D eigenvalue weighted by molar-refractivity contribution is 5.91. The van der Waals surface area contributed by atoms with Crippen molar-refractivity contribution in [1.82, 2.24) is 10.2 Å². The minimum Gasteiger partial charge on any atom is -0.341 e. The third-order valence-corrected chi connectivity index (χ3v) is 5.59. The van der Waals surface area contributed by atoms with Crippen LogP contribution in [0.2, 0.25) is 0 Å². The van der Waals surface area contributed by atoms with Crippen LogP contribution in [0.25, 0.3) is 0 Å². The predicted molar refractivity (Wildman–Crippen MR) is 128 cm³/mol. The number of rotatable bonds is 7. The first-order valence-electron chi connectivity index (χ1n) is 10.9. The molecule has 3 aromatic rings. The first-order valence-corrected chi connectivity index (χ1v) is 10.9. The van der Waals surface area contributed by atoms with Gasteiger partial charge >= 0.3 is 6.03 Å². The van der Waals surface area contributed by atoms with Crippen LogP contribution in [0.4, 0.5) is 21.9 Å². The van der Waals surface area contributed by atoms with E-state index in [2.05, 4.69) is 39.8 Å². The molecule has 2 N–H and O–H groups in total. The number of anilines is 3. The minimum absolute atomic E-state index is 0.129. The van der Waals surface area contributed by atoms with Crippen molar-refractivity contribution < 1.29 is 9.59 Å². The Morgan fingerprint density at radius 2 is 1.66 bits per heavy atom. The standard InChI is InChI=1S/C26H28N4O2/c1-29(19-20-7-3-2-4-8-20)26(32)27-17-15-25(31)28-22-11-13-23(14-12-22)30-18-16-21-9-5-6-10-24(21)30/h2-14H,15-19H2,1H3,(H,27,32)(H,28,31). The van der Waals surface area contributed by atoms with Gasteiger partial charge in [0, 0.05) is 50.2 Å². The summed E-state index contributed by atoms with van der Waals surface area (Å²) in [6, 6.07) is 25.9. The fraction of sp³-hybridized carbons (Fsp3) is 0.231. The SMILES string of the molecule is CN(Cc1ccccc1)C(=O)NCCC(=O)Nc1ccc(N2CCc3ccccc32)cc1. The van der Waals surface area contributed by atoms with Gasteiger partial charge in [-0.05, 0) is 47.9 Å². The molecule has 164 valence electrons. The van der Waals surface area contributed by atoms with Gasteiger partial charge in [0.15, 0.2) is 0 Å². The Balaban J connectivity index is 1.22. The maximum Gasteiger partial charge on any atom is 0.317 e. The van der Waals surface area contributed by atoms with Crippen molar-refractivity contribution in [3.05, 3.63) is 90.0 Å². The zero-order chi connectivity index (χ0) is 22.3. The Morgan fingerprint density at radius 1 is 0.938 bits per heavy atom. The van der Waals surface area contributed by atoms with Gasteiger partial charge in [-0.1, -0.05) is 48.5 Å². The summed E-state index contributed by atoms with van der Waals surface area (Å²) in [5, 5.41) is 5.69. The predicted octanol–water partition coefficient (Wildman–Crippen LogP) is 4.55. The number of carbonyl (C=O) groups excluding carboxylic acids is 2. The number of hydrogen-bond acceptors (Lipinski definition) is 3. The Labute approximate surface area is 188 Å². The molecule has 0 aliphatic carbocycles. The van der Waals surface area contributed by atoms with Gasteiger partial charge in [-0.3, -0.25) is 4.79 Å². The van der Waals surface area contributed by atoms with E-state index in [4.69, 9.17) is 0 Å². The van der Waals surface area contributed by atoms with E-state index in [-0.39, 0.29) is 24.9 Å². The monoisotopic (exact) mass is 428 g/mol. The molecule has 0 radical (unpaired) electrons. The molecule has 32 heavy (non-hydrogen) atoms. The lowest BCUT2D eigenvalue weighted by atomic mass is 10.2. The summed E-state index contributed by atoms with van der Waals surface area (Å²) < 4.78 is 0. The number of nitrogens with zero attached hydrogens (tertiary/aromatic N) is 2. The summed E-state index contributed by atoms with van der Waals surface area (Å²) in [7, 11) is 1.74. The van der Waals surface area contributed by atoms with Gasteiger partial charge in [-0.2, -0.15) is 0 Å². The highest BCUT2D eigenvalue weighted by Gasteiger charge is 2.19. The number of benzene rings is 3. The molecule has 0 unspecified atom stereocenters. The summed E-state index contributed by atoms with van der Waals surface area (Å²) in [6.45, 7) is 1.77. The van der Waals surface area contributed by atoms with Gasteiger partial charge < -0.3 is 20.4 Å². The largest absolute Gasteiger partial charge is 0.341 e. The number of para-hydroxylation sites is 1. The minimum atomic E-state index is -0.197. The van der Waals surface area contributed by atoms with Crippen LogP contribution in [-0.4, -0.2) is 37.0 Å². The van der Waals surface area contributed by atoms with E-state index in [1.54, 1.807) is 11.9 Å². The first kappa shape index (κ1) is 21.4. The third-order valence-electron chi connectivity index (χ3n) is 5.59. The Morgan fingerprint density at radius 3 is 2.44 bits per heavy atom. The summed E-state index contributed by atoms with van der Waals surface area (Å²) >= 11 is 0. The van der Waals surface area contributed by atoms with Crippen molar-refractivity contribution in [2.75, 3.05) is 30.4 Å². The lowest BCUT2D eigenvalue weighted by Crippen LogP contribution is -2.38. The van der Waals surface area contributed by atoms with Crippen molar-refractivity contribution in [2.45, 2.75) is 19.4 Å². The second kappa shape index (κ2) is 10.0. The summed E-state index contributed by atoms with van der Waals surface area (Å²) in [6.07, 6.45) is 1.26. The van der Waals surface area contributed by atoms with E-state index < -0.39 is 0 Å². The Kier molecular flexibility index (Phi) is 6.70. The number of urea groups is 1. The number of amides is 3. The van der Waals surface area contributed by atoms with Gasteiger partial charge in [-0.15, -0.1) is 0 Å². The molecule has 1 heterocycles. The molecule has 3 amide bonds. The average Bonchev–Trinajstić information content (AvgIpc) is 3.24. The van der Waals surface area contributed by atoms with Crippen molar-refractivity contribution in [3.8, 4) is 0 Å². The van der Waals surface area contributed by atoms with Crippen LogP contribution >= 0.6 is 0 Å². The van der Waals surface area contributed by atoms with Crippen molar-refractivity contribution in [3.63, 3.8) is 0 Å². The van der Waals surface area contributed by atoms with Crippen LogP contribution in [-0.2, 0) is 17.8 Å². The highest BCUT2D eigenvalue weighted by atomic mass is 16.2.